The SMILES string of the molecule is CN(C)C(=O)OCC1=C(C(=O)OC(c2ccccc2)c2ccccc2)N2C(=O)C(NC(=O)C(=NOC(c3ccccc3)(c3ccccc3)c3ccccc3)c3csc(NC(c4ccccc4)(c4ccccc4)c4ccccc4)n3)[C@H]2SC1. The van der Waals surface area contributed by atoms with Crippen LogP contribution in [0.5, 0.6) is 0 Å². The first-order valence-electron chi connectivity index (χ1n) is 26.6. The highest BCUT2D eigenvalue weighted by Crippen LogP contribution is 2.45. The number of esters is 1. The quantitative estimate of drug-likeness (QED) is 0.0263. The van der Waals surface area contributed by atoms with Crippen LogP contribution in [0.2, 0.25) is 0 Å². The molecule has 0 saturated carbocycles. The number of fused-ring (bicyclic) bond motifs is 1. The van der Waals surface area contributed by atoms with Gasteiger partial charge < -0.3 is 29.8 Å². The smallest absolute Gasteiger partial charge is 0.409 e. The van der Waals surface area contributed by atoms with Gasteiger partial charge in [0.1, 0.15) is 35.0 Å². The number of nitrogens with zero attached hydrogens (tertiary/aromatic N) is 4. The van der Waals surface area contributed by atoms with Crippen molar-refractivity contribution in [2.75, 3.05) is 31.8 Å². The molecule has 3 amide bonds. The van der Waals surface area contributed by atoms with E-state index < -0.39 is 52.5 Å². The Morgan fingerprint density at radius 1 is 0.634 bits per heavy atom. The monoisotopic (exact) mass is 1120 g/mol. The number of thiazole rings is 1. The summed E-state index contributed by atoms with van der Waals surface area (Å²) in [5.41, 5.74) is 4.36. The fraction of sp³-hybridized carbons (Fsp3) is 0.134. The van der Waals surface area contributed by atoms with Gasteiger partial charge in [-0.05, 0) is 27.8 Å². The third-order valence-corrected chi connectivity index (χ3v) is 16.5. The predicted molar refractivity (Wildman–Crippen MR) is 320 cm³/mol. The number of hydrogen-bond donors (Lipinski definition) is 2. The van der Waals surface area contributed by atoms with Gasteiger partial charge in [-0.3, -0.25) is 14.5 Å². The molecule has 11 rings (SSSR count). The van der Waals surface area contributed by atoms with Crippen LogP contribution < -0.4 is 10.6 Å². The molecule has 408 valence electrons. The first-order chi connectivity index (χ1) is 40.2. The molecule has 1 fully saturated rings. The van der Waals surface area contributed by atoms with Gasteiger partial charge in [0.2, 0.25) is 5.60 Å². The van der Waals surface area contributed by atoms with Crippen molar-refractivity contribution in [2.45, 2.75) is 28.7 Å². The van der Waals surface area contributed by atoms with Gasteiger partial charge >= 0.3 is 12.1 Å². The molecule has 0 radical (unpaired) electrons. The summed E-state index contributed by atoms with van der Waals surface area (Å²) < 4.78 is 12.0. The number of rotatable bonds is 19. The second kappa shape index (κ2) is 24.4. The van der Waals surface area contributed by atoms with Crippen molar-refractivity contribution in [3.8, 4) is 0 Å². The molecular formula is C67H56N6O7S2. The van der Waals surface area contributed by atoms with Crippen LogP contribution in [0.15, 0.2) is 264 Å². The number of thioether (sulfide) groups is 1. The molecule has 2 N–H and O–H groups in total. The molecule has 1 saturated heterocycles. The molecule has 0 bridgehead atoms. The molecule has 0 aliphatic carbocycles. The number of nitrogens with one attached hydrogen (secondary N) is 2. The van der Waals surface area contributed by atoms with Gasteiger partial charge in [-0.15, -0.1) is 23.1 Å². The average molecular weight is 1120 g/mol. The lowest BCUT2D eigenvalue weighted by Crippen LogP contribution is -2.71. The number of hydrogen-bond acceptors (Lipinski definition) is 12. The first kappa shape index (κ1) is 54.4. The number of amides is 3. The number of aromatic nitrogens is 1. The maximum absolute atomic E-state index is 15.5. The van der Waals surface area contributed by atoms with E-state index >= 15 is 4.79 Å². The summed E-state index contributed by atoms with van der Waals surface area (Å²) in [4.78, 5) is 72.8. The number of benzene rings is 8. The highest BCUT2D eigenvalue weighted by atomic mass is 32.2. The van der Waals surface area contributed by atoms with Gasteiger partial charge in [-0.2, -0.15) is 0 Å². The summed E-state index contributed by atoms with van der Waals surface area (Å²) >= 11 is 2.60. The number of carbonyl (C=O) groups excluding carboxylic acids is 4. The summed E-state index contributed by atoms with van der Waals surface area (Å²) in [6.45, 7) is -0.288. The minimum absolute atomic E-state index is 0.0628. The molecule has 2 aliphatic rings. The molecule has 13 nitrogen and oxygen atoms in total. The summed E-state index contributed by atoms with van der Waals surface area (Å²) in [5.74, 6) is -1.98. The normalized spacial score (nSPS) is 15.2. The van der Waals surface area contributed by atoms with Crippen molar-refractivity contribution in [1.82, 2.24) is 20.1 Å². The van der Waals surface area contributed by atoms with Crippen LogP contribution in [0, 0.1) is 0 Å². The van der Waals surface area contributed by atoms with Gasteiger partial charge in [0.05, 0.1) is 0 Å². The van der Waals surface area contributed by atoms with E-state index in [-0.39, 0.29) is 29.5 Å². The van der Waals surface area contributed by atoms with E-state index in [1.54, 1.807) is 19.5 Å². The van der Waals surface area contributed by atoms with E-state index in [0.717, 1.165) is 33.4 Å². The predicted octanol–water partition coefficient (Wildman–Crippen LogP) is 11.9. The van der Waals surface area contributed by atoms with Gasteiger partial charge in [-0.25, -0.2) is 14.6 Å². The van der Waals surface area contributed by atoms with E-state index in [4.69, 9.17) is 24.5 Å². The summed E-state index contributed by atoms with van der Waals surface area (Å²) in [7, 11) is 3.11. The zero-order valence-electron chi connectivity index (χ0n) is 44.8. The van der Waals surface area contributed by atoms with Gasteiger partial charge in [0.15, 0.2) is 16.9 Å². The number of oxime groups is 1. The second-order valence-electron chi connectivity index (χ2n) is 19.7. The molecule has 1 unspecified atom stereocenters. The standard InChI is InChI=1S/C67H56N6O7S2/c1-72(2)65(77)78-43-48-44-81-62-57(61(75)73(62)58(48)63(76)79-59(46-27-11-3-12-28-46)47-29-13-4-14-30-47)69-60(74)56(71-80-67(52-37-21-8-22-38-52,53-39-23-9-24-40-53)54-41-25-10-26-42-54)55-45-82-64(68-55)70-66(49-31-15-5-16-32-49,50-33-17-6-18-34-50)51-35-19-7-20-36-51/h3-42,45,57,59,62H,43-44H2,1-2H3,(H,68,70)(H,69,74)/t57?,62-/m1/s1. The van der Waals surface area contributed by atoms with Crippen molar-refractivity contribution in [3.63, 3.8) is 0 Å². The molecule has 3 heterocycles. The first-order valence-corrected chi connectivity index (χ1v) is 28.5. The Labute approximate surface area is 483 Å². The fourth-order valence-corrected chi connectivity index (χ4v) is 12.5. The summed E-state index contributed by atoms with van der Waals surface area (Å²) in [5, 5.41) is 13.1. The van der Waals surface area contributed by atoms with Crippen molar-refractivity contribution >= 4 is 57.8 Å². The molecule has 1 aromatic heterocycles. The highest BCUT2D eigenvalue weighted by molar-refractivity contribution is 8.00. The van der Waals surface area contributed by atoms with Gasteiger partial charge in [0.25, 0.3) is 11.8 Å². The number of carbonyl (C=O) groups is 4. The van der Waals surface area contributed by atoms with Crippen LogP contribution in [-0.4, -0.2) is 82.2 Å². The molecule has 9 aromatic rings. The lowest BCUT2D eigenvalue weighted by Gasteiger charge is -2.49. The minimum atomic E-state index is -1.40. The summed E-state index contributed by atoms with van der Waals surface area (Å²) in [6, 6.07) is 76.8. The van der Waals surface area contributed by atoms with Crippen molar-refractivity contribution < 1.29 is 33.5 Å². The van der Waals surface area contributed by atoms with Crippen molar-refractivity contribution in [2.24, 2.45) is 5.16 Å². The third kappa shape index (κ3) is 10.9. The topological polar surface area (TPSA) is 152 Å². The molecular weight excluding hydrogens is 1060 g/mol. The van der Waals surface area contributed by atoms with Gasteiger partial charge in [0, 0.05) is 47.5 Å². The molecule has 15 heteroatoms. The minimum Gasteiger partial charge on any atom is -0.448 e. The lowest BCUT2D eigenvalue weighted by molar-refractivity contribution is -0.154. The number of anilines is 1. The Morgan fingerprint density at radius 3 is 1.50 bits per heavy atom. The Kier molecular flexibility index (Phi) is 16.2. The van der Waals surface area contributed by atoms with Crippen LogP contribution in [0.25, 0.3) is 0 Å². The molecule has 82 heavy (non-hydrogen) atoms. The second-order valence-corrected chi connectivity index (χ2v) is 21.7. The van der Waals surface area contributed by atoms with Crippen LogP contribution >= 0.6 is 23.1 Å². The zero-order valence-corrected chi connectivity index (χ0v) is 46.4. The Balaban J connectivity index is 0.988. The van der Waals surface area contributed by atoms with E-state index in [2.05, 4.69) is 47.0 Å². The highest BCUT2D eigenvalue weighted by Gasteiger charge is 2.55. The van der Waals surface area contributed by atoms with Crippen LogP contribution in [0.3, 0.4) is 0 Å². The number of ether oxygens (including phenoxy) is 2. The van der Waals surface area contributed by atoms with E-state index in [0.29, 0.717) is 21.8 Å². The molecule has 2 atom stereocenters. The Morgan fingerprint density at radius 2 is 1.06 bits per heavy atom. The van der Waals surface area contributed by atoms with Gasteiger partial charge in [-0.1, -0.05) is 248 Å². The maximum atomic E-state index is 15.5. The van der Waals surface area contributed by atoms with Crippen LogP contribution in [0.4, 0.5) is 9.93 Å². The van der Waals surface area contributed by atoms with Crippen molar-refractivity contribution in [1.29, 1.82) is 0 Å². The Bertz CT molecular complexity index is 3490. The van der Waals surface area contributed by atoms with Crippen LogP contribution in [0.1, 0.15) is 56.3 Å². The summed E-state index contributed by atoms with van der Waals surface area (Å²) in [6.07, 6.45) is -1.48. The fourth-order valence-electron chi connectivity index (χ4n) is 10.4. The number of β-lactam (4-membered cyclic amide) rings is 1. The molecule has 2 aliphatic heterocycles. The lowest BCUT2D eigenvalue weighted by atomic mass is 9.77. The average Bonchev–Trinajstić information content (AvgIpc) is 4.07. The Hall–Kier alpha value is -9.57. The van der Waals surface area contributed by atoms with E-state index in [1.165, 1.54) is 32.9 Å². The maximum Gasteiger partial charge on any atom is 0.409 e. The largest absolute Gasteiger partial charge is 0.448 e. The third-order valence-electron chi connectivity index (χ3n) is 14.4. The van der Waals surface area contributed by atoms with E-state index in [1.807, 2.05) is 206 Å². The zero-order chi connectivity index (χ0) is 56.5. The van der Waals surface area contributed by atoms with Crippen LogP contribution in [-0.2, 0) is 39.8 Å². The molecule has 8 aromatic carbocycles. The van der Waals surface area contributed by atoms with E-state index in [9.17, 15) is 14.4 Å². The molecule has 0 spiro atoms. The van der Waals surface area contributed by atoms with Crippen molar-refractivity contribution in [3.05, 3.63) is 310 Å².